The molecule has 138 valence electrons. The van der Waals surface area contributed by atoms with Crippen molar-refractivity contribution in [3.63, 3.8) is 0 Å². The Labute approximate surface area is 144 Å². The molecule has 0 bridgehead atoms. The summed E-state index contributed by atoms with van der Waals surface area (Å²) in [5.41, 5.74) is 4.82. The molecule has 2 N–H and O–H groups in total. The average Bonchev–Trinajstić information content (AvgIpc) is 3.05. The van der Waals surface area contributed by atoms with Crippen molar-refractivity contribution in [2.45, 2.75) is 38.1 Å². The summed E-state index contributed by atoms with van der Waals surface area (Å²) >= 11 is 0. The second-order valence-electron chi connectivity index (χ2n) is 6.74. The quantitative estimate of drug-likeness (QED) is 0.897. The maximum Gasteiger partial charge on any atom is 0.418 e. The van der Waals surface area contributed by atoms with Gasteiger partial charge in [-0.2, -0.15) is 13.2 Å². The Morgan fingerprint density at radius 2 is 2.04 bits per heavy atom. The number of aromatic nitrogens is 1. The minimum atomic E-state index is -4.39. The van der Waals surface area contributed by atoms with Crippen LogP contribution in [0.25, 0.3) is 0 Å². The average molecular weight is 357 g/mol. The van der Waals surface area contributed by atoms with Gasteiger partial charge in [-0.1, -0.05) is 0 Å². The molecule has 1 aromatic heterocycles. The van der Waals surface area contributed by atoms with Crippen molar-refractivity contribution in [2.24, 2.45) is 17.6 Å². The van der Waals surface area contributed by atoms with E-state index in [1.54, 1.807) is 0 Å². The number of piperidine rings is 1. The Hall–Kier alpha value is -1.67. The second-order valence-corrected chi connectivity index (χ2v) is 6.74. The molecule has 2 aliphatic rings. The molecule has 2 fully saturated rings. The second kappa shape index (κ2) is 7.29. The highest BCUT2D eigenvalue weighted by molar-refractivity contribution is 5.77. The van der Waals surface area contributed by atoms with Gasteiger partial charge in [-0.15, -0.1) is 0 Å². The van der Waals surface area contributed by atoms with E-state index in [0.717, 1.165) is 18.9 Å². The van der Waals surface area contributed by atoms with Gasteiger partial charge in [0, 0.05) is 19.3 Å². The van der Waals surface area contributed by atoms with Gasteiger partial charge in [0.25, 0.3) is 0 Å². The molecule has 3 heterocycles. The topological polar surface area (TPSA) is 68.5 Å². The molecule has 0 spiro atoms. The largest absolute Gasteiger partial charge is 0.418 e. The van der Waals surface area contributed by atoms with Crippen LogP contribution in [0.4, 0.5) is 13.2 Å². The van der Waals surface area contributed by atoms with Gasteiger partial charge in [0.05, 0.1) is 23.3 Å². The van der Waals surface area contributed by atoms with Crippen LogP contribution in [0.5, 0.6) is 0 Å². The summed E-state index contributed by atoms with van der Waals surface area (Å²) in [7, 11) is 0. The number of amides is 1. The van der Waals surface area contributed by atoms with Crippen molar-refractivity contribution < 1.29 is 22.7 Å². The number of hydrogen-bond acceptors (Lipinski definition) is 4. The number of carbonyl (C=O) groups is 1. The van der Waals surface area contributed by atoms with E-state index < -0.39 is 11.7 Å². The minimum absolute atomic E-state index is 0.0561. The zero-order valence-electron chi connectivity index (χ0n) is 13.8. The van der Waals surface area contributed by atoms with Crippen molar-refractivity contribution in [1.82, 2.24) is 9.88 Å². The zero-order chi connectivity index (χ0) is 18.0. The summed E-state index contributed by atoms with van der Waals surface area (Å²) in [6.07, 6.45) is -0.940. The lowest BCUT2D eigenvalue weighted by molar-refractivity contribution is -0.138. The molecule has 0 saturated carbocycles. The van der Waals surface area contributed by atoms with Crippen LogP contribution in [0, 0.1) is 11.8 Å². The van der Waals surface area contributed by atoms with Gasteiger partial charge in [0.1, 0.15) is 0 Å². The van der Waals surface area contributed by atoms with E-state index in [1.807, 2.05) is 4.90 Å². The maximum atomic E-state index is 13.1. The monoisotopic (exact) mass is 357 g/mol. The third-order valence-electron chi connectivity index (χ3n) is 5.17. The number of hydrogen-bond donors (Lipinski definition) is 1. The molecule has 0 radical (unpaired) electrons. The van der Waals surface area contributed by atoms with Crippen LogP contribution in [0.15, 0.2) is 18.3 Å². The van der Waals surface area contributed by atoms with E-state index in [9.17, 15) is 18.0 Å². The van der Waals surface area contributed by atoms with Crippen LogP contribution in [0.1, 0.15) is 30.5 Å². The number of likely N-dealkylation sites (tertiary alicyclic amines) is 1. The van der Waals surface area contributed by atoms with Gasteiger partial charge in [-0.05, 0) is 50.4 Å². The van der Waals surface area contributed by atoms with E-state index in [0.29, 0.717) is 26.1 Å². The molecule has 2 atom stereocenters. The number of carbonyl (C=O) groups excluding carboxylic acids is 1. The van der Waals surface area contributed by atoms with Crippen molar-refractivity contribution in [3.05, 3.63) is 29.6 Å². The van der Waals surface area contributed by atoms with Gasteiger partial charge in [0.15, 0.2) is 0 Å². The number of halogens is 3. The van der Waals surface area contributed by atoms with Crippen LogP contribution in [0.2, 0.25) is 0 Å². The summed E-state index contributed by atoms with van der Waals surface area (Å²) in [4.78, 5) is 17.4. The van der Waals surface area contributed by atoms with Crippen LogP contribution >= 0.6 is 0 Å². The Morgan fingerprint density at radius 3 is 2.68 bits per heavy atom. The van der Waals surface area contributed by atoms with Crippen LogP contribution in [0.3, 0.4) is 0 Å². The lowest BCUT2D eigenvalue weighted by Crippen LogP contribution is -2.42. The van der Waals surface area contributed by atoms with E-state index in [-0.39, 0.29) is 36.1 Å². The third-order valence-corrected chi connectivity index (χ3v) is 5.17. The van der Waals surface area contributed by atoms with Gasteiger partial charge < -0.3 is 10.5 Å². The molecule has 5 nitrogen and oxygen atoms in total. The van der Waals surface area contributed by atoms with E-state index in [4.69, 9.17) is 10.5 Å². The third kappa shape index (κ3) is 4.12. The Bertz CT molecular complexity index is 615. The lowest BCUT2D eigenvalue weighted by atomic mass is 9.84. The van der Waals surface area contributed by atoms with E-state index >= 15 is 0 Å². The Balaban J connectivity index is 1.60. The van der Waals surface area contributed by atoms with Crippen LogP contribution in [-0.4, -0.2) is 41.6 Å². The minimum Gasteiger partial charge on any atom is -0.377 e. The molecule has 25 heavy (non-hydrogen) atoms. The predicted molar refractivity (Wildman–Crippen MR) is 84.3 cm³/mol. The summed E-state index contributed by atoms with van der Waals surface area (Å²) in [5, 5.41) is 0. The highest BCUT2D eigenvalue weighted by Crippen LogP contribution is 2.35. The van der Waals surface area contributed by atoms with Crippen molar-refractivity contribution in [2.75, 3.05) is 19.7 Å². The normalized spacial score (nSPS) is 26.0. The van der Waals surface area contributed by atoms with Crippen molar-refractivity contribution in [3.8, 4) is 0 Å². The number of rotatable bonds is 4. The standard InChI is InChI=1S/C17H22F3N3O2/c18-17(19,20)13-2-1-6-22-14(13)10-23-7-3-11(4-8-23)15-12(16(21)24)5-9-25-15/h1-2,6,11-12,15H,3-5,7-10H2,(H2,21,24)/t12-,15+/m0/s1. The number of pyridine rings is 1. The fourth-order valence-electron chi connectivity index (χ4n) is 3.85. The van der Waals surface area contributed by atoms with Gasteiger partial charge >= 0.3 is 6.18 Å². The summed E-state index contributed by atoms with van der Waals surface area (Å²) < 4.78 is 44.9. The first-order chi connectivity index (χ1) is 11.9. The molecule has 0 aliphatic carbocycles. The lowest BCUT2D eigenvalue weighted by Gasteiger charge is -2.35. The maximum absolute atomic E-state index is 13.1. The van der Waals surface area contributed by atoms with E-state index in [2.05, 4.69) is 4.98 Å². The smallest absolute Gasteiger partial charge is 0.377 e. The van der Waals surface area contributed by atoms with E-state index in [1.165, 1.54) is 12.3 Å². The van der Waals surface area contributed by atoms with Gasteiger partial charge in [0.2, 0.25) is 5.91 Å². The van der Waals surface area contributed by atoms with Crippen LogP contribution < -0.4 is 5.73 Å². The number of nitrogens with zero attached hydrogens (tertiary/aromatic N) is 2. The number of alkyl halides is 3. The Morgan fingerprint density at radius 1 is 1.32 bits per heavy atom. The molecule has 8 heteroatoms. The number of ether oxygens (including phenoxy) is 1. The van der Waals surface area contributed by atoms with Gasteiger partial charge in [-0.3, -0.25) is 14.7 Å². The first-order valence-electron chi connectivity index (χ1n) is 8.50. The zero-order valence-corrected chi connectivity index (χ0v) is 13.8. The van der Waals surface area contributed by atoms with Crippen LogP contribution in [-0.2, 0) is 22.3 Å². The number of nitrogens with two attached hydrogens (primary N) is 1. The molecule has 1 aromatic rings. The molecular formula is C17H22F3N3O2. The molecule has 2 aliphatic heterocycles. The molecular weight excluding hydrogens is 335 g/mol. The summed E-state index contributed by atoms with van der Waals surface area (Å²) in [6, 6.07) is 2.37. The fraction of sp³-hybridized carbons (Fsp3) is 0.647. The molecule has 3 rings (SSSR count). The fourth-order valence-corrected chi connectivity index (χ4v) is 3.85. The van der Waals surface area contributed by atoms with Crippen molar-refractivity contribution in [1.29, 1.82) is 0 Å². The highest BCUT2D eigenvalue weighted by Gasteiger charge is 2.40. The summed E-state index contributed by atoms with van der Waals surface area (Å²) in [5.74, 6) is -0.348. The van der Waals surface area contributed by atoms with Gasteiger partial charge in [-0.25, -0.2) is 0 Å². The summed E-state index contributed by atoms with van der Waals surface area (Å²) in [6.45, 7) is 2.03. The predicted octanol–water partition coefficient (Wildman–Crippen LogP) is 2.20. The highest BCUT2D eigenvalue weighted by atomic mass is 19.4. The SMILES string of the molecule is NC(=O)[C@H]1CCO[C@@H]1C1CCN(Cc2ncccc2C(F)(F)F)CC1. The first-order valence-corrected chi connectivity index (χ1v) is 8.50. The van der Waals surface area contributed by atoms with Crippen molar-refractivity contribution >= 4 is 5.91 Å². The molecule has 0 unspecified atom stereocenters. The number of primary amides is 1. The first kappa shape index (κ1) is 18.1. The molecule has 1 amide bonds. The molecule has 0 aromatic carbocycles. The molecule has 2 saturated heterocycles. The Kier molecular flexibility index (Phi) is 5.29.